The molecule has 13 heteroatoms. The van der Waals surface area contributed by atoms with Crippen molar-refractivity contribution in [1.29, 1.82) is 0 Å². The zero-order valence-electron chi connectivity index (χ0n) is 17.0. The monoisotopic (exact) mass is 484 g/mol. The highest BCUT2D eigenvalue weighted by Gasteiger charge is 2.37. The molecule has 4 rings (SSSR count). The molecule has 0 spiro atoms. The Morgan fingerprint density at radius 1 is 1.00 bits per heavy atom. The minimum atomic E-state index is -4.99. The fraction of sp³-hybridized carbons (Fsp3) is 0.143. The standard InChI is InChI=1S/C21H15F7N6/c22-15-3-1-2-14-17(15)33-19(30)34-9-13(32-18(14)34)7-31-8-16(29)10-4-11(20(23,24)25)6-12(5-10)21(26,27)28/h1-6,8-9,31H,7,29H2,(H2,30,33)/b16-8-. The minimum absolute atomic E-state index is 0.0102. The first-order chi connectivity index (χ1) is 15.8. The maximum Gasteiger partial charge on any atom is 0.416 e. The molecule has 5 N–H and O–H groups in total. The molecule has 0 amide bonds. The van der Waals surface area contributed by atoms with E-state index in [2.05, 4.69) is 15.3 Å². The van der Waals surface area contributed by atoms with E-state index in [4.69, 9.17) is 11.5 Å². The second-order valence-electron chi connectivity index (χ2n) is 7.31. The predicted octanol–water partition coefficient (Wildman–Crippen LogP) is 4.69. The molecule has 0 fully saturated rings. The van der Waals surface area contributed by atoms with Gasteiger partial charge >= 0.3 is 12.4 Å². The van der Waals surface area contributed by atoms with Crippen LogP contribution in [0.15, 0.2) is 48.8 Å². The van der Waals surface area contributed by atoms with Crippen LogP contribution in [0.2, 0.25) is 0 Å². The highest BCUT2D eigenvalue weighted by Crippen LogP contribution is 2.37. The number of anilines is 1. The first kappa shape index (κ1) is 23.1. The van der Waals surface area contributed by atoms with Gasteiger partial charge in [0, 0.05) is 23.3 Å². The largest absolute Gasteiger partial charge is 0.416 e. The van der Waals surface area contributed by atoms with Gasteiger partial charge in [-0.1, -0.05) is 6.07 Å². The van der Waals surface area contributed by atoms with Gasteiger partial charge in [-0.15, -0.1) is 0 Å². The molecular formula is C21H15F7N6. The van der Waals surface area contributed by atoms with Crippen molar-refractivity contribution in [2.24, 2.45) is 5.73 Å². The smallest absolute Gasteiger partial charge is 0.397 e. The van der Waals surface area contributed by atoms with Gasteiger partial charge in [-0.3, -0.25) is 4.40 Å². The molecule has 0 aliphatic rings. The Kier molecular flexibility index (Phi) is 5.50. The normalized spacial score (nSPS) is 13.1. The number of fused-ring (bicyclic) bond motifs is 3. The number of nitrogens with one attached hydrogen (secondary N) is 1. The van der Waals surface area contributed by atoms with Crippen LogP contribution in [-0.2, 0) is 18.9 Å². The molecule has 0 atom stereocenters. The highest BCUT2D eigenvalue weighted by atomic mass is 19.4. The van der Waals surface area contributed by atoms with Crippen molar-refractivity contribution in [1.82, 2.24) is 19.7 Å². The van der Waals surface area contributed by atoms with Gasteiger partial charge in [-0.05, 0) is 30.3 Å². The van der Waals surface area contributed by atoms with Crippen LogP contribution in [0, 0.1) is 5.82 Å². The van der Waals surface area contributed by atoms with Crippen LogP contribution in [-0.4, -0.2) is 14.4 Å². The van der Waals surface area contributed by atoms with E-state index in [0.29, 0.717) is 28.9 Å². The van der Waals surface area contributed by atoms with Gasteiger partial charge in [-0.2, -0.15) is 26.3 Å². The van der Waals surface area contributed by atoms with Crippen molar-refractivity contribution in [2.45, 2.75) is 18.9 Å². The lowest BCUT2D eigenvalue weighted by atomic mass is 10.0. The zero-order chi connectivity index (χ0) is 24.8. The number of hydrogen-bond acceptors (Lipinski definition) is 5. The van der Waals surface area contributed by atoms with Crippen LogP contribution in [0.5, 0.6) is 0 Å². The second-order valence-corrected chi connectivity index (χ2v) is 7.31. The third-order valence-corrected chi connectivity index (χ3v) is 4.92. The first-order valence-corrected chi connectivity index (χ1v) is 9.55. The summed E-state index contributed by atoms with van der Waals surface area (Å²) in [5.74, 6) is -0.602. The molecule has 34 heavy (non-hydrogen) atoms. The van der Waals surface area contributed by atoms with E-state index in [1.807, 2.05) is 0 Å². The summed E-state index contributed by atoms with van der Waals surface area (Å²) in [4.78, 5) is 8.36. The van der Waals surface area contributed by atoms with Crippen molar-refractivity contribution in [2.75, 3.05) is 5.73 Å². The fourth-order valence-corrected chi connectivity index (χ4v) is 3.33. The summed E-state index contributed by atoms with van der Waals surface area (Å²) >= 11 is 0. The summed E-state index contributed by atoms with van der Waals surface area (Å²) in [5.41, 5.74) is 8.58. The average Bonchev–Trinajstić information content (AvgIpc) is 3.18. The van der Waals surface area contributed by atoms with E-state index < -0.39 is 34.9 Å². The number of imidazole rings is 1. The quantitative estimate of drug-likeness (QED) is 0.366. The van der Waals surface area contributed by atoms with E-state index >= 15 is 0 Å². The second kappa shape index (κ2) is 8.08. The summed E-state index contributed by atoms with van der Waals surface area (Å²) in [7, 11) is 0. The lowest BCUT2D eigenvalue weighted by molar-refractivity contribution is -0.143. The first-order valence-electron chi connectivity index (χ1n) is 9.55. The van der Waals surface area contributed by atoms with Crippen LogP contribution in [0.3, 0.4) is 0 Å². The van der Waals surface area contributed by atoms with Crippen molar-refractivity contribution in [3.05, 3.63) is 77.0 Å². The van der Waals surface area contributed by atoms with Crippen molar-refractivity contribution >= 4 is 28.2 Å². The Morgan fingerprint density at radius 3 is 2.26 bits per heavy atom. The van der Waals surface area contributed by atoms with Crippen LogP contribution in [0.4, 0.5) is 36.7 Å². The SMILES string of the molecule is N/C(=C\NCc1cn2c(N)nc3c(F)cccc3c2n1)c1cc(C(F)(F)F)cc(C(F)(F)F)c1. The lowest BCUT2D eigenvalue weighted by Crippen LogP contribution is -2.14. The Bertz CT molecular complexity index is 1390. The van der Waals surface area contributed by atoms with Crippen LogP contribution >= 0.6 is 0 Å². The molecule has 0 unspecified atom stereocenters. The topological polar surface area (TPSA) is 94.3 Å². The van der Waals surface area contributed by atoms with E-state index in [-0.39, 0.29) is 29.8 Å². The molecule has 0 radical (unpaired) electrons. The summed E-state index contributed by atoms with van der Waals surface area (Å²) in [6.07, 6.45) is -7.41. The number of alkyl halides is 6. The number of hydrogen-bond donors (Lipinski definition) is 3. The van der Waals surface area contributed by atoms with E-state index in [1.54, 1.807) is 6.07 Å². The maximum atomic E-state index is 14.0. The average molecular weight is 484 g/mol. The van der Waals surface area contributed by atoms with Gasteiger partial charge in [0.2, 0.25) is 5.95 Å². The van der Waals surface area contributed by atoms with Gasteiger partial charge in [0.05, 0.1) is 29.1 Å². The minimum Gasteiger partial charge on any atom is -0.397 e. The van der Waals surface area contributed by atoms with E-state index in [9.17, 15) is 30.7 Å². The van der Waals surface area contributed by atoms with E-state index in [1.165, 1.54) is 22.7 Å². The Balaban J connectivity index is 1.62. The summed E-state index contributed by atoms with van der Waals surface area (Å²) in [6.45, 7) is -0.0102. The zero-order valence-corrected chi connectivity index (χ0v) is 17.0. The van der Waals surface area contributed by atoms with Crippen LogP contribution < -0.4 is 16.8 Å². The molecule has 2 aromatic carbocycles. The number of nitrogens with two attached hydrogens (primary N) is 2. The number of rotatable bonds is 4. The summed E-state index contributed by atoms with van der Waals surface area (Å²) in [6, 6.07) is 5.39. The lowest BCUT2D eigenvalue weighted by Gasteiger charge is -2.14. The molecule has 0 saturated carbocycles. The van der Waals surface area contributed by atoms with Gasteiger partial charge in [-0.25, -0.2) is 14.4 Å². The summed E-state index contributed by atoms with van der Waals surface area (Å²) < 4.78 is 93.8. The number of aromatic nitrogens is 3. The van der Waals surface area contributed by atoms with Crippen LogP contribution in [0.1, 0.15) is 22.4 Å². The van der Waals surface area contributed by atoms with Gasteiger partial charge in [0.1, 0.15) is 17.0 Å². The molecule has 0 bridgehead atoms. The molecule has 6 nitrogen and oxygen atoms in total. The molecule has 2 heterocycles. The molecular weight excluding hydrogens is 469 g/mol. The maximum absolute atomic E-state index is 14.0. The van der Waals surface area contributed by atoms with Crippen molar-refractivity contribution in [3.8, 4) is 0 Å². The van der Waals surface area contributed by atoms with Gasteiger partial charge < -0.3 is 16.8 Å². The fourth-order valence-electron chi connectivity index (χ4n) is 3.33. The van der Waals surface area contributed by atoms with Crippen molar-refractivity contribution < 1.29 is 30.7 Å². The van der Waals surface area contributed by atoms with Crippen molar-refractivity contribution in [3.63, 3.8) is 0 Å². The molecule has 178 valence electrons. The summed E-state index contributed by atoms with van der Waals surface area (Å²) in [5, 5.41) is 3.10. The predicted molar refractivity (Wildman–Crippen MR) is 110 cm³/mol. The Morgan fingerprint density at radius 2 is 1.65 bits per heavy atom. The number of nitrogen functional groups attached to an aromatic ring is 1. The molecule has 0 saturated heterocycles. The molecule has 0 aliphatic carbocycles. The third kappa shape index (κ3) is 4.40. The van der Waals surface area contributed by atoms with Crippen LogP contribution in [0.25, 0.3) is 22.2 Å². The number of para-hydroxylation sites is 1. The Hall–Kier alpha value is -4.03. The number of benzene rings is 2. The van der Waals surface area contributed by atoms with Gasteiger partial charge in [0.25, 0.3) is 0 Å². The molecule has 2 aromatic heterocycles. The number of halogens is 7. The van der Waals surface area contributed by atoms with E-state index in [0.717, 1.165) is 6.20 Å². The molecule has 0 aliphatic heterocycles. The third-order valence-electron chi connectivity index (χ3n) is 4.92. The molecule has 4 aromatic rings. The Labute approximate surface area is 186 Å². The van der Waals surface area contributed by atoms with Gasteiger partial charge in [0.15, 0.2) is 0 Å². The number of nitrogens with zero attached hydrogens (tertiary/aromatic N) is 3. The highest BCUT2D eigenvalue weighted by molar-refractivity contribution is 5.92.